The molecule has 0 amide bonds. The average Bonchev–Trinajstić information content (AvgIpc) is 2.59. The van der Waals surface area contributed by atoms with Crippen molar-refractivity contribution >= 4 is 35.6 Å². The maximum absolute atomic E-state index is 9.98. The van der Waals surface area contributed by atoms with Crippen molar-refractivity contribution in [3.8, 4) is 11.5 Å². The Hall–Kier alpha value is -2.00. The quantitative estimate of drug-likeness (QED) is 0.302. The number of anilines is 1. The Morgan fingerprint density at radius 1 is 1.15 bits per heavy atom. The highest BCUT2D eigenvalue weighted by molar-refractivity contribution is 14.0. The van der Waals surface area contributed by atoms with E-state index in [0.717, 1.165) is 22.7 Å². The van der Waals surface area contributed by atoms with Gasteiger partial charge in [-0.2, -0.15) is 0 Å². The summed E-state index contributed by atoms with van der Waals surface area (Å²) in [6.45, 7) is 6.25. The van der Waals surface area contributed by atoms with E-state index in [1.807, 2.05) is 69.3 Å². The molecule has 0 aliphatic carbocycles. The minimum absolute atomic E-state index is 0. The number of nitrogens with zero attached hydrogens (tertiary/aromatic N) is 1. The van der Waals surface area contributed by atoms with Crippen LogP contribution in [0.5, 0.6) is 11.5 Å². The summed E-state index contributed by atoms with van der Waals surface area (Å²) in [5.41, 5.74) is 7.76. The molecule has 0 fully saturated rings. The minimum Gasteiger partial charge on any atom is -0.491 e. The molecule has 2 aromatic rings. The van der Waals surface area contributed by atoms with Crippen molar-refractivity contribution in [2.45, 2.75) is 33.0 Å². The van der Waals surface area contributed by atoms with Gasteiger partial charge in [-0.25, -0.2) is 0 Å². The first-order valence-corrected chi connectivity index (χ1v) is 8.63. The number of benzene rings is 2. The van der Waals surface area contributed by atoms with Gasteiger partial charge in [-0.15, -0.1) is 24.0 Å². The van der Waals surface area contributed by atoms with E-state index in [-0.39, 0.29) is 49.2 Å². The Morgan fingerprint density at radius 3 is 2.48 bits per heavy atom. The molecule has 27 heavy (non-hydrogen) atoms. The number of aliphatic imine (C=N–C) groups is 1. The third kappa shape index (κ3) is 8.96. The topological polar surface area (TPSA) is 89.1 Å². The number of aliphatic hydroxyl groups is 1. The summed E-state index contributed by atoms with van der Waals surface area (Å²) in [5, 5.41) is 13.0. The Labute approximate surface area is 177 Å². The van der Waals surface area contributed by atoms with E-state index < -0.39 is 6.10 Å². The smallest absolute Gasteiger partial charge is 0.193 e. The fraction of sp³-hybridized carbons (Fsp3) is 0.350. The van der Waals surface area contributed by atoms with Crippen LogP contribution < -0.4 is 20.5 Å². The van der Waals surface area contributed by atoms with E-state index in [0.29, 0.717) is 0 Å². The zero-order valence-corrected chi connectivity index (χ0v) is 18.2. The van der Waals surface area contributed by atoms with Crippen molar-refractivity contribution in [3.05, 3.63) is 54.1 Å². The van der Waals surface area contributed by atoms with E-state index in [1.54, 1.807) is 0 Å². The molecule has 0 heterocycles. The number of hydrogen-bond donors (Lipinski definition) is 3. The first-order chi connectivity index (χ1) is 12.4. The van der Waals surface area contributed by atoms with E-state index in [1.165, 1.54) is 0 Å². The highest BCUT2D eigenvalue weighted by atomic mass is 127. The van der Waals surface area contributed by atoms with Crippen molar-refractivity contribution < 1.29 is 14.6 Å². The molecule has 0 aromatic heterocycles. The van der Waals surface area contributed by atoms with Gasteiger partial charge >= 0.3 is 0 Å². The minimum atomic E-state index is -0.738. The number of aryl methyl sites for hydroxylation is 1. The second-order valence-corrected chi connectivity index (χ2v) is 6.32. The molecule has 0 saturated carbocycles. The summed E-state index contributed by atoms with van der Waals surface area (Å²) in [4.78, 5) is 4.14. The van der Waals surface area contributed by atoms with Gasteiger partial charge in [0, 0.05) is 5.69 Å². The predicted molar refractivity (Wildman–Crippen MR) is 120 cm³/mol. The van der Waals surface area contributed by atoms with Crippen LogP contribution in [-0.4, -0.2) is 36.4 Å². The third-order valence-corrected chi connectivity index (χ3v) is 3.40. The fourth-order valence-electron chi connectivity index (χ4n) is 2.23. The van der Waals surface area contributed by atoms with Crippen molar-refractivity contribution in [2.24, 2.45) is 10.7 Å². The summed E-state index contributed by atoms with van der Waals surface area (Å²) >= 11 is 0. The summed E-state index contributed by atoms with van der Waals surface area (Å²) in [7, 11) is 0. The van der Waals surface area contributed by atoms with Crippen LogP contribution in [0.25, 0.3) is 0 Å². The molecule has 0 radical (unpaired) electrons. The highest BCUT2D eigenvalue weighted by Crippen LogP contribution is 2.16. The summed E-state index contributed by atoms with van der Waals surface area (Å²) in [6.07, 6.45) is -0.610. The maximum Gasteiger partial charge on any atom is 0.193 e. The van der Waals surface area contributed by atoms with Crippen LogP contribution in [0.1, 0.15) is 19.4 Å². The van der Waals surface area contributed by atoms with E-state index in [4.69, 9.17) is 15.2 Å². The van der Waals surface area contributed by atoms with Gasteiger partial charge in [0.05, 0.1) is 12.6 Å². The lowest BCUT2D eigenvalue weighted by Crippen LogP contribution is -2.27. The summed E-state index contributed by atoms with van der Waals surface area (Å²) in [5.74, 6) is 1.75. The predicted octanol–water partition coefficient (Wildman–Crippen LogP) is 3.57. The van der Waals surface area contributed by atoms with Gasteiger partial charge in [-0.3, -0.25) is 4.99 Å². The number of guanidine groups is 1. The van der Waals surface area contributed by atoms with Crippen LogP contribution in [0.4, 0.5) is 5.69 Å². The first kappa shape index (κ1) is 23.0. The van der Waals surface area contributed by atoms with Crippen molar-refractivity contribution in [1.29, 1.82) is 0 Å². The molecule has 4 N–H and O–H groups in total. The molecular weight excluding hydrogens is 457 g/mol. The van der Waals surface area contributed by atoms with Gasteiger partial charge in [-0.1, -0.05) is 12.1 Å². The lowest BCUT2D eigenvalue weighted by molar-refractivity contribution is 0.114. The molecule has 7 heteroatoms. The van der Waals surface area contributed by atoms with Crippen LogP contribution in [0, 0.1) is 6.92 Å². The fourth-order valence-corrected chi connectivity index (χ4v) is 2.23. The molecule has 1 atom stereocenters. The lowest BCUT2D eigenvalue weighted by atomic mass is 10.2. The molecule has 6 nitrogen and oxygen atoms in total. The van der Waals surface area contributed by atoms with Gasteiger partial charge in [0.2, 0.25) is 0 Å². The number of nitrogens with two attached hydrogens (primary N) is 1. The number of hydrogen-bond acceptors (Lipinski definition) is 4. The van der Waals surface area contributed by atoms with E-state index >= 15 is 0 Å². The number of aliphatic hydroxyl groups excluding tert-OH is 1. The van der Waals surface area contributed by atoms with Crippen LogP contribution in [0.2, 0.25) is 0 Å². The lowest BCUT2D eigenvalue weighted by Gasteiger charge is -2.12. The molecular formula is C20H28IN3O3. The van der Waals surface area contributed by atoms with Gasteiger partial charge in [0.1, 0.15) is 24.2 Å². The molecule has 0 saturated heterocycles. The normalized spacial score (nSPS) is 12.3. The Kier molecular flexibility index (Phi) is 9.95. The van der Waals surface area contributed by atoms with E-state index in [9.17, 15) is 5.11 Å². The van der Waals surface area contributed by atoms with Crippen LogP contribution in [0.15, 0.2) is 53.5 Å². The molecule has 2 aromatic carbocycles. The average molecular weight is 485 g/mol. The van der Waals surface area contributed by atoms with Gasteiger partial charge in [-0.05, 0) is 62.7 Å². The largest absolute Gasteiger partial charge is 0.491 e. The van der Waals surface area contributed by atoms with Crippen LogP contribution >= 0.6 is 24.0 Å². The zero-order chi connectivity index (χ0) is 18.9. The number of ether oxygens (including phenoxy) is 2. The number of rotatable bonds is 8. The van der Waals surface area contributed by atoms with Crippen LogP contribution in [0.3, 0.4) is 0 Å². The molecule has 0 spiro atoms. The molecule has 148 valence electrons. The molecule has 0 aliphatic rings. The van der Waals surface area contributed by atoms with Gasteiger partial charge < -0.3 is 25.6 Å². The van der Waals surface area contributed by atoms with E-state index in [2.05, 4.69) is 10.3 Å². The SMILES string of the molecule is Cc1cccc(OCC(O)CN=C(N)Nc2ccc(OC(C)C)cc2)c1.I. The monoisotopic (exact) mass is 485 g/mol. The molecule has 1 unspecified atom stereocenters. The number of halogens is 1. The summed E-state index contributed by atoms with van der Waals surface area (Å²) < 4.78 is 11.1. The van der Waals surface area contributed by atoms with Crippen LogP contribution in [-0.2, 0) is 0 Å². The second kappa shape index (κ2) is 11.7. The first-order valence-electron chi connectivity index (χ1n) is 8.63. The molecule has 0 bridgehead atoms. The summed E-state index contributed by atoms with van der Waals surface area (Å²) in [6, 6.07) is 15.1. The van der Waals surface area contributed by atoms with Gasteiger partial charge in [0.15, 0.2) is 5.96 Å². The molecule has 2 rings (SSSR count). The second-order valence-electron chi connectivity index (χ2n) is 6.32. The van der Waals surface area contributed by atoms with Crippen molar-refractivity contribution in [2.75, 3.05) is 18.5 Å². The molecule has 0 aliphatic heterocycles. The Morgan fingerprint density at radius 2 is 1.85 bits per heavy atom. The van der Waals surface area contributed by atoms with Gasteiger partial charge in [0.25, 0.3) is 0 Å². The Balaban J connectivity index is 0.00000364. The van der Waals surface area contributed by atoms with Crippen molar-refractivity contribution in [1.82, 2.24) is 0 Å². The standard InChI is InChI=1S/C20H27N3O3.HI/c1-14(2)26-18-9-7-16(8-10-18)23-20(21)22-12-17(24)13-25-19-6-4-5-15(3)11-19;/h4-11,14,17,24H,12-13H2,1-3H3,(H3,21,22,23);1H. The highest BCUT2D eigenvalue weighted by Gasteiger charge is 2.06. The number of nitrogens with one attached hydrogen (secondary N) is 1. The maximum atomic E-state index is 9.98. The Bertz CT molecular complexity index is 721. The third-order valence-electron chi connectivity index (χ3n) is 3.40. The van der Waals surface area contributed by atoms with Crippen molar-refractivity contribution in [3.63, 3.8) is 0 Å². The zero-order valence-electron chi connectivity index (χ0n) is 15.9.